The van der Waals surface area contributed by atoms with E-state index < -0.39 is 0 Å². The van der Waals surface area contributed by atoms with Crippen LogP contribution in [-0.4, -0.2) is 14.8 Å². The van der Waals surface area contributed by atoms with Gasteiger partial charge < -0.3 is 11.1 Å². The third-order valence-electron chi connectivity index (χ3n) is 4.24. The van der Waals surface area contributed by atoms with Crippen LogP contribution in [0.2, 0.25) is 10.0 Å². The maximum Gasteiger partial charge on any atom is 0.241 e. The Labute approximate surface area is 149 Å². The number of rotatable bonds is 2. The Morgan fingerprint density at radius 3 is 2.46 bits per heavy atom. The van der Waals surface area contributed by atoms with Crippen LogP contribution in [-0.2, 0) is 0 Å². The van der Waals surface area contributed by atoms with Gasteiger partial charge in [-0.25, -0.2) is 4.68 Å². The topological polar surface area (TPSA) is 68.8 Å². The summed E-state index contributed by atoms with van der Waals surface area (Å²) in [6.07, 6.45) is 0.739. The summed E-state index contributed by atoms with van der Waals surface area (Å²) in [5, 5.41) is 8.94. The van der Waals surface area contributed by atoms with E-state index in [1.807, 2.05) is 36.4 Å². The van der Waals surface area contributed by atoms with Crippen molar-refractivity contribution in [1.29, 1.82) is 0 Å². The lowest BCUT2D eigenvalue weighted by molar-refractivity contribution is 0.432. The van der Waals surface area contributed by atoms with Crippen LogP contribution in [0.5, 0.6) is 0 Å². The first kappa shape index (κ1) is 15.3. The number of nitrogens with two attached hydrogens (primary N) is 1. The van der Waals surface area contributed by atoms with Gasteiger partial charge in [-0.3, -0.25) is 0 Å². The Balaban J connectivity index is 1.83. The first-order chi connectivity index (χ1) is 11.6. The zero-order valence-electron chi connectivity index (χ0n) is 12.7. The summed E-state index contributed by atoms with van der Waals surface area (Å²) >= 11 is 12.9. The lowest BCUT2D eigenvalue weighted by atomic mass is 9.93. The van der Waals surface area contributed by atoms with Gasteiger partial charge in [0.2, 0.25) is 11.9 Å². The molecule has 0 radical (unpaired) electrons. The second-order valence-corrected chi connectivity index (χ2v) is 6.55. The minimum atomic E-state index is -0.141. The summed E-state index contributed by atoms with van der Waals surface area (Å²) < 4.78 is 1.77. The maximum atomic E-state index is 6.43. The third-order valence-corrected chi connectivity index (χ3v) is 4.90. The fourth-order valence-corrected chi connectivity index (χ4v) is 3.82. The molecule has 0 spiro atoms. The van der Waals surface area contributed by atoms with Gasteiger partial charge in [-0.05, 0) is 24.1 Å². The molecule has 0 bridgehead atoms. The highest BCUT2D eigenvalue weighted by Gasteiger charge is 2.33. The summed E-state index contributed by atoms with van der Waals surface area (Å²) in [4.78, 5) is 4.29. The van der Waals surface area contributed by atoms with Gasteiger partial charge in [-0.15, -0.1) is 5.10 Å². The van der Waals surface area contributed by atoms with Gasteiger partial charge in [0, 0.05) is 15.6 Å². The third kappa shape index (κ3) is 2.60. The van der Waals surface area contributed by atoms with Crippen molar-refractivity contribution in [1.82, 2.24) is 14.8 Å². The highest BCUT2D eigenvalue weighted by Crippen LogP contribution is 2.42. The number of hydrogen-bond donors (Lipinski definition) is 2. The van der Waals surface area contributed by atoms with Gasteiger partial charge in [0.25, 0.3) is 0 Å². The molecule has 122 valence electrons. The van der Waals surface area contributed by atoms with Crippen molar-refractivity contribution in [2.24, 2.45) is 0 Å². The van der Waals surface area contributed by atoms with E-state index in [9.17, 15) is 0 Å². The minimum absolute atomic E-state index is 0.0691. The van der Waals surface area contributed by atoms with E-state index in [1.54, 1.807) is 4.68 Å². The van der Waals surface area contributed by atoms with Crippen molar-refractivity contribution in [3.05, 3.63) is 69.7 Å². The van der Waals surface area contributed by atoms with E-state index in [1.165, 1.54) is 5.56 Å². The Kier molecular flexibility index (Phi) is 3.82. The molecule has 5 nitrogen and oxygen atoms in total. The van der Waals surface area contributed by atoms with Gasteiger partial charge in [-0.2, -0.15) is 4.98 Å². The van der Waals surface area contributed by atoms with Crippen molar-refractivity contribution in [3.8, 4) is 0 Å². The molecule has 2 atom stereocenters. The van der Waals surface area contributed by atoms with Crippen LogP contribution in [0.1, 0.15) is 29.6 Å². The van der Waals surface area contributed by atoms with E-state index in [4.69, 9.17) is 28.9 Å². The Morgan fingerprint density at radius 1 is 1.04 bits per heavy atom. The van der Waals surface area contributed by atoms with Gasteiger partial charge in [-0.1, -0.05) is 59.6 Å². The molecule has 7 heteroatoms. The second-order valence-electron chi connectivity index (χ2n) is 5.73. The molecule has 3 N–H and O–H groups in total. The first-order valence-electron chi connectivity index (χ1n) is 7.61. The molecule has 0 saturated carbocycles. The van der Waals surface area contributed by atoms with Crippen LogP contribution in [0.4, 0.5) is 11.9 Å². The molecule has 2 heterocycles. The number of hydrogen-bond acceptors (Lipinski definition) is 4. The highest BCUT2D eigenvalue weighted by molar-refractivity contribution is 6.36. The van der Waals surface area contributed by atoms with Crippen LogP contribution >= 0.6 is 23.2 Å². The monoisotopic (exact) mass is 359 g/mol. The molecule has 1 aliphatic rings. The summed E-state index contributed by atoms with van der Waals surface area (Å²) in [6, 6.07) is 15.6. The largest absolute Gasteiger partial charge is 0.366 e. The van der Waals surface area contributed by atoms with Crippen molar-refractivity contribution in [2.45, 2.75) is 18.5 Å². The first-order valence-corrected chi connectivity index (χ1v) is 8.36. The quantitative estimate of drug-likeness (QED) is 0.714. The Morgan fingerprint density at radius 2 is 1.75 bits per heavy atom. The molecular formula is C17H15Cl2N5. The average Bonchev–Trinajstić information content (AvgIpc) is 2.95. The number of nitrogen functional groups attached to an aromatic ring is 1. The molecule has 3 aromatic rings. The molecular weight excluding hydrogens is 345 g/mol. The SMILES string of the molecule is Nc1nc2n(n1)[C@@H](c1c(Cl)cccc1Cl)C[C@H](c1ccccc1)N2. The summed E-state index contributed by atoms with van der Waals surface area (Å²) in [5.41, 5.74) is 7.82. The van der Waals surface area contributed by atoms with Crippen molar-refractivity contribution in [3.63, 3.8) is 0 Å². The smallest absolute Gasteiger partial charge is 0.241 e. The fourth-order valence-electron chi connectivity index (χ4n) is 3.17. The predicted octanol–water partition coefficient (Wildman–Crippen LogP) is 4.31. The van der Waals surface area contributed by atoms with E-state index >= 15 is 0 Å². The van der Waals surface area contributed by atoms with Gasteiger partial charge >= 0.3 is 0 Å². The molecule has 0 saturated heterocycles. The second kappa shape index (κ2) is 6.00. The fraction of sp³-hybridized carbons (Fsp3) is 0.176. The van der Waals surface area contributed by atoms with E-state index in [0.29, 0.717) is 16.0 Å². The molecule has 0 amide bonds. The Bertz CT molecular complexity index is 858. The van der Waals surface area contributed by atoms with Gasteiger partial charge in [0.1, 0.15) is 0 Å². The van der Waals surface area contributed by atoms with Crippen LogP contribution in [0.25, 0.3) is 0 Å². The Hall–Kier alpha value is -2.24. The zero-order chi connectivity index (χ0) is 16.7. The van der Waals surface area contributed by atoms with E-state index in [0.717, 1.165) is 12.0 Å². The number of anilines is 2. The molecule has 4 rings (SSSR count). The summed E-state index contributed by atoms with van der Waals surface area (Å²) in [7, 11) is 0. The molecule has 0 unspecified atom stereocenters. The summed E-state index contributed by atoms with van der Waals surface area (Å²) in [6.45, 7) is 0. The molecule has 0 aliphatic carbocycles. The predicted molar refractivity (Wildman–Crippen MR) is 96.5 cm³/mol. The lowest BCUT2D eigenvalue weighted by Gasteiger charge is -2.32. The molecule has 0 fully saturated rings. The molecule has 24 heavy (non-hydrogen) atoms. The maximum absolute atomic E-state index is 6.43. The zero-order valence-corrected chi connectivity index (χ0v) is 14.2. The molecule has 1 aliphatic heterocycles. The molecule has 1 aromatic heterocycles. The minimum Gasteiger partial charge on any atom is -0.366 e. The van der Waals surface area contributed by atoms with Gasteiger partial charge in [0.05, 0.1) is 12.1 Å². The van der Waals surface area contributed by atoms with Crippen molar-refractivity contribution in [2.75, 3.05) is 11.1 Å². The van der Waals surface area contributed by atoms with Crippen LogP contribution < -0.4 is 11.1 Å². The summed E-state index contributed by atoms with van der Waals surface area (Å²) in [5.74, 6) is 0.841. The number of fused-ring (bicyclic) bond motifs is 1. The lowest BCUT2D eigenvalue weighted by Crippen LogP contribution is -2.28. The number of nitrogens with zero attached hydrogens (tertiary/aromatic N) is 3. The number of nitrogens with one attached hydrogen (secondary N) is 1. The standard InChI is InChI=1S/C17H15Cl2N5/c18-11-7-4-8-12(19)15(11)14-9-13(10-5-2-1-3-6-10)21-17-22-16(20)23-24(14)17/h1-8,13-14H,9H2,(H3,20,21,22,23)/t13-,14-/m1/s1. The van der Waals surface area contributed by atoms with Crippen molar-refractivity contribution < 1.29 is 0 Å². The highest BCUT2D eigenvalue weighted by atomic mass is 35.5. The van der Waals surface area contributed by atoms with E-state index in [2.05, 4.69) is 27.5 Å². The van der Waals surface area contributed by atoms with Gasteiger partial charge in [0.15, 0.2) is 0 Å². The molecule has 2 aromatic carbocycles. The van der Waals surface area contributed by atoms with Crippen LogP contribution in [0, 0.1) is 0 Å². The number of halogens is 2. The van der Waals surface area contributed by atoms with Crippen molar-refractivity contribution >= 4 is 35.1 Å². The number of aromatic nitrogens is 3. The van der Waals surface area contributed by atoms with Crippen LogP contribution in [0.3, 0.4) is 0 Å². The van der Waals surface area contributed by atoms with E-state index in [-0.39, 0.29) is 18.0 Å². The van der Waals surface area contributed by atoms with Crippen LogP contribution in [0.15, 0.2) is 48.5 Å². The normalized spacial score (nSPS) is 19.6. The number of benzene rings is 2. The average molecular weight is 360 g/mol.